The number of nitrogens with zero attached hydrogens (tertiary/aromatic N) is 3. The third kappa shape index (κ3) is 3.99. The summed E-state index contributed by atoms with van der Waals surface area (Å²) in [4.78, 5) is 17.0. The number of amides is 1. The van der Waals surface area contributed by atoms with Crippen LogP contribution in [0.15, 0.2) is 48.5 Å². The highest BCUT2D eigenvalue weighted by molar-refractivity contribution is 5.92. The van der Waals surface area contributed by atoms with E-state index in [1.807, 2.05) is 43.5 Å². The highest BCUT2D eigenvalue weighted by Gasteiger charge is 2.24. The smallest absolute Gasteiger partial charge is 0.229 e. The molecular weight excluding hydrogens is 340 g/mol. The molecule has 6 heteroatoms. The molecule has 0 spiro atoms. The zero-order valence-electron chi connectivity index (χ0n) is 15.6. The number of aliphatic hydroxyl groups excluding tert-OH is 1. The topological polar surface area (TPSA) is 90.9 Å². The van der Waals surface area contributed by atoms with Crippen LogP contribution in [0.5, 0.6) is 0 Å². The number of aromatic nitrogens is 2. The Morgan fingerprint density at radius 3 is 2.59 bits per heavy atom. The van der Waals surface area contributed by atoms with Crippen LogP contribution >= 0.6 is 0 Å². The van der Waals surface area contributed by atoms with Crippen LogP contribution in [0, 0.1) is 11.3 Å². The number of nitrogens with one attached hydrogen (secondary N) is 1. The van der Waals surface area contributed by atoms with E-state index in [4.69, 9.17) is 0 Å². The Hall–Kier alpha value is -3.17. The van der Waals surface area contributed by atoms with E-state index in [1.54, 1.807) is 30.3 Å². The van der Waals surface area contributed by atoms with Crippen molar-refractivity contribution in [1.82, 2.24) is 9.55 Å². The maximum absolute atomic E-state index is 12.5. The SMILES string of the molecule is CC(C)(C)n1c(NC(=O)C[C@@H](O)c2ccccc2)nc2ccc(C#N)cc21. The van der Waals surface area contributed by atoms with Crippen molar-refractivity contribution in [1.29, 1.82) is 5.26 Å². The molecule has 0 saturated heterocycles. The van der Waals surface area contributed by atoms with Crippen LogP contribution in [0.3, 0.4) is 0 Å². The lowest BCUT2D eigenvalue weighted by molar-refractivity contribution is -0.118. The molecule has 3 rings (SSSR count). The van der Waals surface area contributed by atoms with Gasteiger partial charge < -0.3 is 9.67 Å². The van der Waals surface area contributed by atoms with Crippen LogP contribution in [0.4, 0.5) is 5.95 Å². The predicted molar refractivity (Wildman–Crippen MR) is 104 cm³/mol. The van der Waals surface area contributed by atoms with Gasteiger partial charge in [-0.2, -0.15) is 5.26 Å². The summed E-state index contributed by atoms with van der Waals surface area (Å²) in [5, 5.41) is 22.3. The van der Waals surface area contributed by atoms with Crippen LogP contribution in [0.1, 0.15) is 44.4 Å². The number of imidazole rings is 1. The molecule has 138 valence electrons. The maximum Gasteiger partial charge on any atom is 0.229 e. The first-order valence-electron chi connectivity index (χ1n) is 8.75. The van der Waals surface area contributed by atoms with Gasteiger partial charge in [-0.05, 0) is 44.5 Å². The monoisotopic (exact) mass is 362 g/mol. The Bertz CT molecular complexity index is 1010. The van der Waals surface area contributed by atoms with E-state index < -0.39 is 6.10 Å². The second kappa shape index (κ2) is 7.22. The van der Waals surface area contributed by atoms with Crippen molar-refractivity contribution < 1.29 is 9.90 Å². The molecule has 27 heavy (non-hydrogen) atoms. The molecule has 0 bridgehead atoms. The van der Waals surface area contributed by atoms with Gasteiger partial charge >= 0.3 is 0 Å². The van der Waals surface area contributed by atoms with Crippen LogP contribution in [0.2, 0.25) is 0 Å². The molecule has 0 saturated carbocycles. The quantitative estimate of drug-likeness (QED) is 0.740. The molecule has 6 nitrogen and oxygen atoms in total. The van der Waals surface area contributed by atoms with Crippen LogP contribution in [-0.2, 0) is 10.3 Å². The van der Waals surface area contributed by atoms with Gasteiger partial charge in [0.25, 0.3) is 0 Å². The van der Waals surface area contributed by atoms with Gasteiger partial charge in [0, 0.05) is 5.54 Å². The van der Waals surface area contributed by atoms with Crippen molar-refractivity contribution in [2.75, 3.05) is 5.32 Å². The van der Waals surface area contributed by atoms with Gasteiger partial charge in [0.1, 0.15) is 0 Å². The summed E-state index contributed by atoms with van der Waals surface area (Å²) < 4.78 is 1.90. The Kier molecular flexibility index (Phi) is 4.98. The van der Waals surface area contributed by atoms with Crippen molar-refractivity contribution in [3.63, 3.8) is 0 Å². The molecular formula is C21H22N4O2. The number of hydrogen-bond donors (Lipinski definition) is 2. The molecule has 0 aliphatic carbocycles. The highest BCUT2D eigenvalue weighted by atomic mass is 16.3. The number of benzene rings is 2. The normalized spacial score (nSPS) is 12.6. The Morgan fingerprint density at radius 2 is 1.96 bits per heavy atom. The fourth-order valence-corrected chi connectivity index (χ4v) is 3.05. The second-order valence-corrected chi connectivity index (χ2v) is 7.44. The summed E-state index contributed by atoms with van der Waals surface area (Å²) in [5.74, 6) is 0.0746. The van der Waals surface area contributed by atoms with Crippen molar-refractivity contribution in [3.8, 4) is 6.07 Å². The largest absolute Gasteiger partial charge is 0.388 e. The van der Waals surface area contributed by atoms with E-state index in [0.29, 0.717) is 22.6 Å². The number of aliphatic hydroxyl groups is 1. The zero-order chi connectivity index (χ0) is 19.6. The van der Waals surface area contributed by atoms with Crippen molar-refractivity contribution >= 4 is 22.9 Å². The minimum Gasteiger partial charge on any atom is -0.388 e. The fourth-order valence-electron chi connectivity index (χ4n) is 3.05. The Morgan fingerprint density at radius 1 is 1.26 bits per heavy atom. The third-order valence-electron chi connectivity index (χ3n) is 4.27. The zero-order valence-corrected chi connectivity index (χ0v) is 15.6. The standard InChI is InChI=1S/C21H22N4O2/c1-21(2,3)25-17-11-14(13-22)9-10-16(17)23-20(25)24-19(27)12-18(26)15-7-5-4-6-8-15/h4-11,18,26H,12H2,1-3H3,(H,23,24,27)/t18-/m1/s1. The molecule has 1 heterocycles. The van der Waals surface area contributed by atoms with Crippen LogP contribution < -0.4 is 5.32 Å². The number of nitriles is 1. The van der Waals surface area contributed by atoms with Gasteiger partial charge in [-0.1, -0.05) is 30.3 Å². The summed E-state index contributed by atoms with van der Waals surface area (Å²) in [7, 11) is 0. The summed E-state index contributed by atoms with van der Waals surface area (Å²) in [6.07, 6.45) is -0.954. The summed E-state index contributed by atoms with van der Waals surface area (Å²) in [5.41, 5.74) is 2.34. The van der Waals surface area contributed by atoms with E-state index >= 15 is 0 Å². The van der Waals surface area contributed by atoms with E-state index in [-0.39, 0.29) is 17.9 Å². The molecule has 0 aliphatic heterocycles. The first-order chi connectivity index (χ1) is 12.8. The van der Waals surface area contributed by atoms with E-state index in [1.165, 1.54) is 0 Å². The summed E-state index contributed by atoms with van der Waals surface area (Å²) in [6, 6.07) is 16.4. The van der Waals surface area contributed by atoms with Gasteiger partial charge in [-0.25, -0.2) is 4.98 Å². The van der Waals surface area contributed by atoms with Gasteiger partial charge in [-0.15, -0.1) is 0 Å². The van der Waals surface area contributed by atoms with Crippen molar-refractivity contribution in [2.24, 2.45) is 0 Å². The van der Waals surface area contributed by atoms with Crippen molar-refractivity contribution in [2.45, 2.75) is 38.8 Å². The molecule has 0 unspecified atom stereocenters. The molecule has 1 amide bonds. The number of carbonyl (C=O) groups is 1. The third-order valence-corrected chi connectivity index (χ3v) is 4.27. The lowest BCUT2D eigenvalue weighted by Crippen LogP contribution is -2.26. The average molecular weight is 362 g/mol. The average Bonchev–Trinajstić information content (AvgIpc) is 2.99. The molecule has 1 atom stereocenters. The number of hydrogen-bond acceptors (Lipinski definition) is 4. The molecule has 0 radical (unpaired) electrons. The van der Waals surface area contributed by atoms with Crippen molar-refractivity contribution in [3.05, 3.63) is 59.7 Å². The predicted octanol–water partition coefficient (Wildman–Crippen LogP) is 3.73. The lowest BCUT2D eigenvalue weighted by Gasteiger charge is -2.24. The lowest BCUT2D eigenvalue weighted by atomic mass is 10.1. The summed E-state index contributed by atoms with van der Waals surface area (Å²) in [6.45, 7) is 6.00. The van der Waals surface area contributed by atoms with E-state index in [0.717, 1.165) is 5.52 Å². The van der Waals surface area contributed by atoms with E-state index in [9.17, 15) is 15.2 Å². The van der Waals surface area contributed by atoms with Crippen LogP contribution in [-0.4, -0.2) is 20.6 Å². The minimum atomic E-state index is -0.885. The van der Waals surface area contributed by atoms with Crippen LogP contribution in [0.25, 0.3) is 11.0 Å². The minimum absolute atomic E-state index is 0.0686. The molecule has 0 aliphatic rings. The van der Waals surface area contributed by atoms with Gasteiger partial charge in [0.2, 0.25) is 11.9 Å². The molecule has 1 aromatic heterocycles. The Balaban J connectivity index is 1.90. The second-order valence-electron chi connectivity index (χ2n) is 7.44. The maximum atomic E-state index is 12.5. The Labute approximate surface area is 158 Å². The molecule has 2 aromatic carbocycles. The first kappa shape index (κ1) is 18.6. The molecule has 2 N–H and O–H groups in total. The fraction of sp³-hybridized carbons (Fsp3) is 0.286. The van der Waals surface area contributed by atoms with Gasteiger partial charge in [-0.3, -0.25) is 10.1 Å². The van der Waals surface area contributed by atoms with E-state index in [2.05, 4.69) is 16.4 Å². The number of rotatable bonds is 4. The first-order valence-corrected chi connectivity index (χ1v) is 8.75. The molecule has 3 aromatic rings. The number of fused-ring (bicyclic) bond motifs is 1. The number of anilines is 1. The molecule has 0 fully saturated rings. The summed E-state index contributed by atoms with van der Waals surface area (Å²) >= 11 is 0. The number of carbonyl (C=O) groups excluding carboxylic acids is 1. The van der Waals surface area contributed by atoms with Gasteiger partial charge in [0.05, 0.1) is 35.2 Å². The van der Waals surface area contributed by atoms with Gasteiger partial charge in [0.15, 0.2) is 0 Å². The highest BCUT2D eigenvalue weighted by Crippen LogP contribution is 2.29.